The average molecular weight is 238 g/mol. The smallest absolute Gasteiger partial charge is 0.0107 e. The van der Waals surface area contributed by atoms with Crippen LogP contribution in [0.1, 0.15) is 52.4 Å². The van der Waals surface area contributed by atoms with Gasteiger partial charge in [-0.2, -0.15) is 0 Å². The third kappa shape index (κ3) is 3.96. The lowest BCUT2D eigenvalue weighted by atomic mass is 9.83. The molecule has 0 amide bonds. The van der Waals surface area contributed by atoms with Gasteiger partial charge in [-0.15, -0.1) is 0 Å². The number of hydrogen-bond acceptors (Lipinski definition) is 2. The fraction of sp³-hybridized carbons (Fsp3) is 1.00. The number of nitrogens with zero attached hydrogens (tertiary/aromatic N) is 1. The molecule has 2 fully saturated rings. The molecule has 2 unspecified atom stereocenters. The Hall–Kier alpha value is -0.0800. The van der Waals surface area contributed by atoms with E-state index in [9.17, 15) is 0 Å². The maximum absolute atomic E-state index is 3.71. The van der Waals surface area contributed by atoms with Gasteiger partial charge in [0.2, 0.25) is 0 Å². The van der Waals surface area contributed by atoms with Crippen LogP contribution in [0.4, 0.5) is 0 Å². The third-order valence-electron chi connectivity index (χ3n) is 4.74. The van der Waals surface area contributed by atoms with Gasteiger partial charge in [-0.3, -0.25) is 0 Å². The molecule has 1 aliphatic heterocycles. The maximum Gasteiger partial charge on any atom is 0.0107 e. The Morgan fingerprint density at radius 3 is 2.47 bits per heavy atom. The Labute approximate surface area is 107 Å². The van der Waals surface area contributed by atoms with Crippen LogP contribution in [0.3, 0.4) is 0 Å². The molecule has 1 saturated heterocycles. The van der Waals surface area contributed by atoms with Gasteiger partial charge >= 0.3 is 0 Å². The summed E-state index contributed by atoms with van der Waals surface area (Å²) < 4.78 is 0. The molecule has 0 aromatic carbocycles. The number of piperidine rings is 1. The molecular formula is C15H30N2. The Bertz CT molecular complexity index is 207. The number of nitrogens with one attached hydrogen (secondary N) is 1. The number of rotatable bonds is 4. The second-order valence-corrected chi connectivity index (χ2v) is 6.19. The van der Waals surface area contributed by atoms with Crippen molar-refractivity contribution in [3.63, 3.8) is 0 Å². The minimum atomic E-state index is 0.799. The van der Waals surface area contributed by atoms with Crippen molar-refractivity contribution in [2.24, 2.45) is 11.8 Å². The monoisotopic (exact) mass is 238 g/mol. The van der Waals surface area contributed by atoms with Crippen LogP contribution in [0.25, 0.3) is 0 Å². The van der Waals surface area contributed by atoms with Crippen molar-refractivity contribution in [1.82, 2.24) is 10.2 Å². The minimum absolute atomic E-state index is 0.799. The van der Waals surface area contributed by atoms with E-state index in [4.69, 9.17) is 0 Å². The molecule has 0 bridgehead atoms. The van der Waals surface area contributed by atoms with Gasteiger partial charge in [-0.25, -0.2) is 0 Å². The Balaban J connectivity index is 1.79. The van der Waals surface area contributed by atoms with Crippen molar-refractivity contribution < 1.29 is 0 Å². The first-order chi connectivity index (χ1) is 8.29. The highest BCUT2D eigenvalue weighted by Crippen LogP contribution is 2.27. The Morgan fingerprint density at radius 2 is 1.76 bits per heavy atom. The van der Waals surface area contributed by atoms with E-state index < -0.39 is 0 Å². The molecule has 0 spiro atoms. The molecule has 1 saturated carbocycles. The topological polar surface area (TPSA) is 15.3 Å². The summed E-state index contributed by atoms with van der Waals surface area (Å²) in [5.41, 5.74) is 0. The molecule has 1 aliphatic carbocycles. The zero-order chi connectivity index (χ0) is 12.1. The van der Waals surface area contributed by atoms with Crippen LogP contribution in [0.15, 0.2) is 0 Å². The van der Waals surface area contributed by atoms with Crippen LogP contribution in [0.5, 0.6) is 0 Å². The van der Waals surface area contributed by atoms with Crippen LogP contribution in [-0.2, 0) is 0 Å². The van der Waals surface area contributed by atoms with Gasteiger partial charge in [0.25, 0.3) is 0 Å². The summed E-state index contributed by atoms with van der Waals surface area (Å²) in [5, 5.41) is 3.71. The molecule has 100 valence electrons. The highest BCUT2D eigenvalue weighted by Gasteiger charge is 2.27. The Morgan fingerprint density at radius 1 is 1.06 bits per heavy atom. The summed E-state index contributed by atoms with van der Waals surface area (Å²) >= 11 is 0. The van der Waals surface area contributed by atoms with Gasteiger partial charge in [0, 0.05) is 12.6 Å². The predicted octanol–water partition coefficient (Wildman–Crippen LogP) is 2.89. The summed E-state index contributed by atoms with van der Waals surface area (Å²) in [6, 6.07) is 0.799. The molecule has 1 heterocycles. The number of hydrogen-bond donors (Lipinski definition) is 1. The van der Waals surface area contributed by atoms with Gasteiger partial charge < -0.3 is 10.2 Å². The van der Waals surface area contributed by atoms with Crippen LogP contribution in [0.2, 0.25) is 0 Å². The highest BCUT2D eigenvalue weighted by atomic mass is 15.1. The van der Waals surface area contributed by atoms with Crippen molar-refractivity contribution in [3.8, 4) is 0 Å². The normalized spacial score (nSPS) is 32.8. The highest BCUT2D eigenvalue weighted by molar-refractivity contribution is 4.84. The standard InChI is InChI=1S/C15H30N2/c1-3-16-15-7-5-4-6-14(15)12-17-10-8-13(2)9-11-17/h13-16H,3-12H2,1-2H3. The van der Waals surface area contributed by atoms with Crippen LogP contribution < -0.4 is 5.32 Å². The van der Waals surface area contributed by atoms with Gasteiger partial charge in [-0.1, -0.05) is 26.7 Å². The molecule has 2 aliphatic rings. The molecule has 2 atom stereocenters. The van der Waals surface area contributed by atoms with Gasteiger partial charge in [0.15, 0.2) is 0 Å². The van der Waals surface area contributed by atoms with Crippen molar-refractivity contribution in [3.05, 3.63) is 0 Å². The first-order valence-electron chi connectivity index (χ1n) is 7.75. The lowest BCUT2D eigenvalue weighted by Gasteiger charge is -2.38. The minimum Gasteiger partial charge on any atom is -0.314 e. The van der Waals surface area contributed by atoms with Gasteiger partial charge in [-0.05, 0) is 57.2 Å². The molecule has 17 heavy (non-hydrogen) atoms. The largest absolute Gasteiger partial charge is 0.314 e. The molecular weight excluding hydrogens is 208 g/mol. The summed E-state index contributed by atoms with van der Waals surface area (Å²) in [5.74, 6) is 1.87. The molecule has 0 aromatic rings. The van der Waals surface area contributed by atoms with E-state index in [2.05, 4.69) is 24.1 Å². The zero-order valence-corrected chi connectivity index (χ0v) is 11.8. The Kier molecular flexibility index (Phi) is 5.30. The van der Waals surface area contributed by atoms with Crippen LogP contribution in [-0.4, -0.2) is 37.1 Å². The summed E-state index contributed by atoms with van der Waals surface area (Å²) in [6.07, 6.45) is 8.58. The second kappa shape index (κ2) is 6.75. The molecule has 2 heteroatoms. The molecule has 2 rings (SSSR count). The molecule has 2 nitrogen and oxygen atoms in total. The van der Waals surface area contributed by atoms with Crippen molar-refractivity contribution >= 4 is 0 Å². The first-order valence-corrected chi connectivity index (χ1v) is 7.75. The molecule has 0 radical (unpaired) electrons. The van der Waals surface area contributed by atoms with Crippen molar-refractivity contribution in [1.29, 1.82) is 0 Å². The zero-order valence-electron chi connectivity index (χ0n) is 11.8. The third-order valence-corrected chi connectivity index (χ3v) is 4.74. The van der Waals surface area contributed by atoms with E-state index in [0.29, 0.717) is 0 Å². The quantitative estimate of drug-likeness (QED) is 0.810. The van der Waals surface area contributed by atoms with E-state index in [0.717, 1.165) is 24.4 Å². The summed E-state index contributed by atoms with van der Waals surface area (Å²) in [4.78, 5) is 2.72. The SMILES string of the molecule is CCNC1CCCCC1CN1CCC(C)CC1. The lowest BCUT2D eigenvalue weighted by Crippen LogP contribution is -2.45. The van der Waals surface area contributed by atoms with Crippen molar-refractivity contribution in [2.75, 3.05) is 26.2 Å². The summed E-state index contributed by atoms with van der Waals surface area (Å²) in [6.45, 7) is 9.82. The fourth-order valence-electron chi connectivity index (χ4n) is 3.53. The number of likely N-dealkylation sites (tertiary alicyclic amines) is 1. The fourth-order valence-corrected chi connectivity index (χ4v) is 3.53. The average Bonchev–Trinajstić information content (AvgIpc) is 2.35. The van der Waals surface area contributed by atoms with Crippen LogP contribution in [0, 0.1) is 11.8 Å². The van der Waals surface area contributed by atoms with E-state index in [1.807, 2.05) is 0 Å². The van der Waals surface area contributed by atoms with Gasteiger partial charge in [0.05, 0.1) is 0 Å². The van der Waals surface area contributed by atoms with Gasteiger partial charge in [0.1, 0.15) is 0 Å². The van der Waals surface area contributed by atoms with E-state index in [1.54, 1.807) is 0 Å². The molecule has 1 N–H and O–H groups in total. The van der Waals surface area contributed by atoms with E-state index in [-0.39, 0.29) is 0 Å². The van der Waals surface area contributed by atoms with E-state index >= 15 is 0 Å². The predicted molar refractivity (Wildman–Crippen MR) is 74.3 cm³/mol. The maximum atomic E-state index is 3.71. The summed E-state index contributed by atoms with van der Waals surface area (Å²) in [7, 11) is 0. The first kappa shape index (κ1) is 13.4. The van der Waals surface area contributed by atoms with E-state index in [1.165, 1.54) is 58.2 Å². The van der Waals surface area contributed by atoms with Crippen LogP contribution >= 0.6 is 0 Å². The molecule has 0 aromatic heterocycles. The second-order valence-electron chi connectivity index (χ2n) is 6.19. The lowest BCUT2D eigenvalue weighted by molar-refractivity contribution is 0.132. The van der Waals surface area contributed by atoms with Crippen molar-refractivity contribution in [2.45, 2.75) is 58.4 Å².